The molecule has 0 radical (unpaired) electrons. The highest BCUT2D eigenvalue weighted by molar-refractivity contribution is 7.91. The first-order valence-electron chi connectivity index (χ1n) is 7.97. The maximum atomic E-state index is 12.9. The second-order valence-electron chi connectivity index (χ2n) is 7.27. The zero-order valence-corrected chi connectivity index (χ0v) is 15.7. The van der Waals surface area contributed by atoms with Gasteiger partial charge in [-0.05, 0) is 53.4 Å². The van der Waals surface area contributed by atoms with Crippen LogP contribution in [0.1, 0.15) is 48.0 Å². The van der Waals surface area contributed by atoms with Crippen LogP contribution in [0, 0.1) is 0 Å². The lowest BCUT2D eigenvalue weighted by Crippen LogP contribution is -2.41. The van der Waals surface area contributed by atoms with Crippen LogP contribution in [0.15, 0.2) is 15.9 Å². The predicted octanol–water partition coefficient (Wildman–Crippen LogP) is 2.67. The fraction of sp³-hybridized carbons (Fsp3) is 0.867. The highest BCUT2D eigenvalue weighted by Gasteiger charge is 2.52. The van der Waals surface area contributed by atoms with Gasteiger partial charge in [0.25, 0.3) is 0 Å². The zero-order valence-electron chi connectivity index (χ0n) is 14.9. The van der Waals surface area contributed by atoms with Crippen LogP contribution >= 0.6 is 0 Å². The van der Waals surface area contributed by atoms with E-state index in [0.717, 1.165) is 18.4 Å². The zero-order chi connectivity index (χ0) is 16.8. The summed E-state index contributed by atoms with van der Waals surface area (Å²) in [6, 6.07) is 0. The third-order valence-electron chi connectivity index (χ3n) is 5.01. The first-order valence-corrected chi connectivity index (χ1v) is 9.51. The van der Waals surface area contributed by atoms with Crippen molar-refractivity contribution in [2.75, 3.05) is 20.1 Å². The van der Waals surface area contributed by atoms with Gasteiger partial charge in [0.2, 0.25) is 0 Å². The largest absolute Gasteiger partial charge is 0.490 e. The Kier molecular flexibility index (Phi) is 4.84. The summed E-state index contributed by atoms with van der Waals surface area (Å²) in [6.45, 7) is 13.5. The van der Waals surface area contributed by atoms with Gasteiger partial charge < -0.3 is 9.31 Å². The Bertz CT molecular complexity index is 561. The van der Waals surface area contributed by atoms with Gasteiger partial charge in [0.15, 0.2) is 0 Å². The van der Waals surface area contributed by atoms with Gasteiger partial charge in [0, 0.05) is 20.1 Å². The summed E-state index contributed by atoms with van der Waals surface area (Å²) in [4.78, 5) is 0. The van der Waals surface area contributed by atoms with Crippen LogP contribution in [0.3, 0.4) is 0 Å². The van der Waals surface area contributed by atoms with E-state index in [1.54, 1.807) is 7.05 Å². The Labute approximate surface area is 135 Å². The van der Waals surface area contributed by atoms with E-state index < -0.39 is 9.92 Å². The van der Waals surface area contributed by atoms with Crippen molar-refractivity contribution in [3.05, 3.63) is 11.5 Å². The summed E-state index contributed by atoms with van der Waals surface area (Å²) in [5, 5.41) is 0.0179. The highest BCUT2D eigenvalue weighted by Crippen LogP contribution is 2.39. The number of rotatable bonds is 3. The average Bonchev–Trinajstić information content (AvgIpc) is 2.66. The molecule has 2 aliphatic heterocycles. The molecule has 0 amide bonds. The molecule has 1 unspecified atom stereocenters. The van der Waals surface area contributed by atoms with Gasteiger partial charge in [-0.25, -0.2) is 12.9 Å². The van der Waals surface area contributed by atoms with E-state index in [-0.39, 0.29) is 23.6 Å². The van der Waals surface area contributed by atoms with Crippen molar-refractivity contribution < 1.29 is 13.5 Å². The third kappa shape index (κ3) is 3.00. The van der Waals surface area contributed by atoms with E-state index in [2.05, 4.69) is 38.1 Å². The molecule has 0 bridgehead atoms. The van der Waals surface area contributed by atoms with Crippen molar-refractivity contribution in [2.45, 2.75) is 64.4 Å². The Morgan fingerprint density at radius 3 is 2.18 bits per heavy atom. The topological polar surface area (TPSA) is 51.1 Å². The van der Waals surface area contributed by atoms with Crippen molar-refractivity contribution in [1.29, 1.82) is 0 Å². The van der Waals surface area contributed by atoms with Crippen molar-refractivity contribution in [3.8, 4) is 0 Å². The molecule has 1 fully saturated rings. The quantitative estimate of drug-likeness (QED) is 0.749. The Morgan fingerprint density at radius 2 is 1.82 bits per heavy atom. The van der Waals surface area contributed by atoms with Gasteiger partial charge in [-0.3, -0.25) is 0 Å². The smallest absolute Gasteiger partial charge is 0.400 e. The molecule has 0 aromatic rings. The fourth-order valence-electron chi connectivity index (χ4n) is 2.74. The van der Waals surface area contributed by atoms with E-state index in [4.69, 9.17) is 9.31 Å². The van der Waals surface area contributed by atoms with Gasteiger partial charge in [0.05, 0.1) is 16.5 Å². The molecule has 7 heteroatoms. The number of hydrogen-bond donors (Lipinski definition) is 0. The highest BCUT2D eigenvalue weighted by atomic mass is 32.2. The lowest BCUT2D eigenvalue weighted by atomic mass is 9.75. The van der Waals surface area contributed by atoms with Gasteiger partial charge in [-0.1, -0.05) is 6.08 Å². The minimum absolute atomic E-state index is 0.0179. The van der Waals surface area contributed by atoms with Crippen molar-refractivity contribution in [2.24, 2.45) is 4.36 Å². The van der Waals surface area contributed by atoms with E-state index in [1.807, 2.05) is 18.2 Å². The van der Waals surface area contributed by atoms with Crippen LogP contribution in [0.4, 0.5) is 0 Å². The third-order valence-corrected chi connectivity index (χ3v) is 7.83. The van der Waals surface area contributed by atoms with Crippen molar-refractivity contribution >= 4 is 17.0 Å². The molecule has 0 aromatic heterocycles. The molecule has 0 saturated carbocycles. The minimum Gasteiger partial charge on any atom is -0.400 e. The number of hydrogen-bond acceptors (Lipinski definition) is 4. The Morgan fingerprint density at radius 1 is 1.27 bits per heavy atom. The summed E-state index contributed by atoms with van der Waals surface area (Å²) in [5.74, 6) is 0. The standard InChI is InChI=1S/C15H29BN2O3S/c1-12(2)22(19,17-7)18-10-8-13(9-11-18)16-20-14(3,4)15(5,6)21-16/h8,12H,9-11H2,1-7H3. The summed E-state index contributed by atoms with van der Waals surface area (Å²) >= 11 is 0. The van der Waals surface area contributed by atoms with Crippen molar-refractivity contribution in [3.63, 3.8) is 0 Å². The molecule has 126 valence electrons. The summed E-state index contributed by atoms with van der Waals surface area (Å²) < 4.78 is 31.3. The lowest BCUT2D eigenvalue weighted by molar-refractivity contribution is 0.00578. The molecule has 0 N–H and O–H groups in total. The molecule has 0 aromatic carbocycles. The van der Waals surface area contributed by atoms with Gasteiger partial charge in [-0.2, -0.15) is 0 Å². The van der Waals surface area contributed by atoms with Gasteiger partial charge in [0.1, 0.15) is 9.92 Å². The van der Waals surface area contributed by atoms with Crippen LogP contribution in [-0.2, 0) is 19.2 Å². The van der Waals surface area contributed by atoms with E-state index in [0.29, 0.717) is 6.54 Å². The molecular formula is C15H29BN2O3S. The van der Waals surface area contributed by atoms with Crippen LogP contribution in [0.25, 0.3) is 0 Å². The SMILES string of the molecule is CN=S(=O)(C(C)C)N1CC=C(B2OC(C)(C)C(C)(C)O2)CC1. The maximum Gasteiger partial charge on any atom is 0.490 e. The molecule has 22 heavy (non-hydrogen) atoms. The molecular weight excluding hydrogens is 299 g/mol. The Balaban J connectivity index is 2.13. The summed E-state index contributed by atoms with van der Waals surface area (Å²) in [6.07, 6.45) is 2.90. The van der Waals surface area contributed by atoms with Crippen LogP contribution in [0.2, 0.25) is 0 Å². The summed E-state index contributed by atoms with van der Waals surface area (Å²) in [7, 11) is -0.948. The molecule has 1 saturated heterocycles. The molecule has 2 rings (SSSR count). The molecule has 1 atom stereocenters. The van der Waals surface area contributed by atoms with Crippen molar-refractivity contribution in [1.82, 2.24) is 4.31 Å². The first-order chi connectivity index (χ1) is 10.0. The molecule has 0 aliphatic carbocycles. The van der Waals surface area contributed by atoms with Crippen LogP contribution in [-0.4, -0.2) is 52.2 Å². The van der Waals surface area contributed by atoms with E-state index >= 15 is 0 Å². The minimum atomic E-state index is -2.31. The monoisotopic (exact) mass is 328 g/mol. The van der Waals surface area contributed by atoms with E-state index in [9.17, 15) is 4.21 Å². The maximum absolute atomic E-state index is 12.9. The normalized spacial score (nSPS) is 27.6. The average molecular weight is 328 g/mol. The van der Waals surface area contributed by atoms with Crippen LogP contribution in [0.5, 0.6) is 0 Å². The fourth-order valence-corrected chi connectivity index (χ4v) is 4.63. The first kappa shape index (κ1) is 18.0. The molecule has 0 spiro atoms. The molecule has 5 nitrogen and oxygen atoms in total. The van der Waals surface area contributed by atoms with Crippen LogP contribution < -0.4 is 0 Å². The van der Waals surface area contributed by atoms with Gasteiger partial charge >= 0.3 is 7.12 Å². The Hall–Kier alpha value is -0.365. The van der Waals surface area contributed by atoms with Gasteiger partial charge in [-0.15, -0.1) is 0 Å². The van der Waals surface area contributed by atoms with E-state index in [1.165, 1.54) is 0 Å². The number of nitrogens with zero attached hydrogens (tertiary/aromatic N) is 2. The molecule has 2 heterocycles. The summed E-state index contributed by atoms with van der Waals surface area (Å²) in [5.41, 5.74) is 0.510. The second-order valence-corrected chi connectivity index (χ2v) is 10.2. The predicted molar refractivity (Wildman–Crippen MR) is 92.0 cm³/mol. The lowest BCUT2D eigenvalue weighted by Gasteiger charge is -2.32. The molecule has 2 aliphatic rings. The second kappa shape index (κ2) is 5.93.